The molecule has 1 aromatic heterocycles. The van der Waals surface area contributed by atoms with Gasteiger partial charge in [-0.25, -0.2) is 0 Å². The number of aromatic nitrogens is 2. The fourth-order valence-electron chi connectivity index (χ4n) is 4.45. The average Bonchev–Trinajstić information content (AvgIpc) is 3.06. The molecule has 0 radical (unpaired) electrons. The van der Waals surface area contributed by atoms with Gasteiger partial charge >= 0.3 is 0 Å². The van der Waals surface area contributed by atoms with Gasteiger partial charge in [0.05, 0.1) is 5.69 Å². The highest BCUT2D eigenvalue weighted by molar-refractivity contribution is 5.79. The van der Waals surface area contributed by atoms with E-state index in [1.165, 1.54) is 0 Å². The van der Waals surface area contributed by atoms with Crippen LogP contribution in [-0.2, 0) is 11.8 Å². The lowest BCUT2D eigenvalue weighted by molar-refractivity contribution is -0.122. The van der Waals surface area contributed by atoms with Crippen LogP contribution in [-0.4, -0.2) is 21.3 Å². The van der Waals surface area contributed by atoms with Crippen molar-refractivity contribution in [2.75, 3.05) is 0 Å². The van der Waals surface area contributed by atoms with Crippen LogP contribution >= 0.6 is 0 Å². The third kappa shape index (κ3) is 1.79. The van der Waals surface area contributed by atoms with Crippen molar-refractivity contribution in [1.29, 1.82) is 0 Å². The Morgan fingerprint density at radius 3 is 2.74 bits per heavy atom. The van der Waals surface area contributed by atoms with E-state index in [1.54, 1.807) is 0 Å². The third-order valence-corrected chi connectivity index (χ3v) is 5.68. The quantitative estimate of drug-likeness (QED) is 0.925. The average molecular weight is 311 g/mol. The maximum Gasteiger partial charge on any atom is 0.221 e. The summed E-state index contributed by atoms with van der Waals surface area (Å²) in [5.74, 6) is 0.434. The number of primary amides is 1. The maximum atomic E-state index is 12.1. The zero-order valence-electron chi connectivity index (χ0n) is 13.6. The summed E-state index contributed by atoms with van der Waals surface area (Å²) in [6, 6.07) is 10.1. The highest BCUT2D eigenvalue weighted by Crippen LogP contribution is 2.61. The van der Waals surface area contributed by atoms with Crippen molar-refractivity contribution in [3.05, 3.63) is 47.3 Å². The van der Waals surface area contributed by atoms with Gasteiger partial charge in [-0.1, -0.05) is 30.3 Å². The van der Waals surface area contributed by atoms with E-state index < -0.39 is 5.60 Å². The number of fused-ring (bicyclic) bond motifs is 3. The Bertz CT molecular complexity index is 783. The van der Waals surface area contributed by atoms with E-state index in [0.29, 0.717) is 6.42 Å². The number of benzene rings is 1. The van der Waals surface area contributed by atoms with Gasteiger partial charge in [0.2, 0.25) is 5.91 Å². The van der Waals surface area contributed by atoms with Crippen LogP contribution < -0.4 is 10.5 Å². The van der Waals surface area contributed by atoms with Crippen molar-refractivity contribution in [3.63, 3.8) is 0 Å². The summed E-state index contributed by atoms with van der Waals surface area (Å²) in [6.45, 7) is 4.11. The molecule has 2 heterocycles. The Hall–Kier alpha value is -2.30. The standard InChI is InChI=1S/C18H21N3O2/c1-10-16-15(20-21(10)3)13-9-12(17(19)22)14(18(13,2)23-16)11-7-5-4-6-8-11/h4-8,12-14H,9H2,1-3H3,(H2,19,22). The molecule has 1 aromatic carbocycles. The van der Waals surface area contributed by atoms with Crippen molar-refractivity contribution < 1.29 is 9.53 Å². The van der Waals surface area contributed by atoms with Gasteiger partial charge in [-0.15, -0.1) is 0 Å². The molecule has 120 valence electrons. The van der Waals surface area contributed by atoms with E-state index in [1.807, 2.05) is 36.9 Å². The van der Waals surface area contributed by atoms with Crippen LogP contribution in [0.3, 0.4) is 0 Å². The number of amides is 1. The minimum absolute atomic E-state index is 0.0508. The van der Waals surface area contributed by atoms with Gasteiger partial charge in [-0.2, -0.15) is 5.10 Å². The summed E-state index contributed by atoms with van der Waals surface area (Å²) in [6.07, 6.45) is 0.689. The van der Waals surface area contributed by atoms with Crippen LogP contribution in [0.15, 0.2) is 30.3 Å². The first kappa shape index (κ1) is 14.3. The van der Waals surface area contributed by atoms with Crippen LogP contribution in [0, 0.1) is 12.8 Å². The van der Waals surface area contributed by atoms with Gasteiger partial charge in [0.25, 0.3) is 0 Å². The minimum atomic E-state index is -0.474. The van der Waals surface area contributed by atoms with E-state index in [9.17, 15) is 4.79 Å². The van der Waals surface area contributed by atoms with Crippen molar-refractivity contribution in [3.8, 4) is 5.75 Å². The number of ether oxygens (including phenoxy) is 1. The number of hydrogen-bond acceptors (Lipinski definition) is 3. The predicted octanol–water partition coefficient (Wildman–Crippen LogP) is 2.25. The summed E-state index contributed by atoms with van der Waals surface area (Å²) in [5, 5.41) is 4.64. The van der Waals surface area contributed by atoms with Gasteiger partial charge in [0, 0.05) is 24.8 Å². The number of hydrogen-bond donors (Lipinski definition) is 1. The zero-order chi connectivity index (χ0) is 16.4. The molecule has 5 heteroatoms. The molecule has 1 fully saturated rings. The number of nitrogens with zero attached hydrogens (tertiary/aromatic N) is 2. The lowest BCUT2D eigenvalue weighted by Gasteiger charge is -2.33. The van der Waals surface area contributed by atoms with Gasteiger partial charge in [0.1, 0.15) is 11.3 Å². The van der Waals surface area contributed by atoms with Crippen molar-refractivity contribution in [1.82, 2.24) is 9.78 Å². The summed E-state index contributed by atoms with van der Waals surface area (Å²) in [5.41, 5.74) is 8.35. The topological polar surface area (TPSA) is 70.1 Å². The number of carbonyl (C=O) groups excluding carboxylic acids is 1. The summed E-state index contributed by atoms with van der Waals surface area (Å²) >= 11 is 0. The van der Waals surface area contributed by atoms with Gasteiger partial charge in [-0.05, 0) is 25.8 Å². The van der Waals surface area contributed by atoms with Gasteiger partial charge in [-0.3, -0.25) is 9.48 Å². The largest absolute Gasteiger partial charge is 0.482 e. The molecular formula is C18H21N3O2. The Labute approximate surface area is 135 Å². The lowest BCUT2D eigenvalue weighted by Crippen LogP contribution is -2.40. The van der Waals surface area contributed by atoms with E-state index in [4.69, 9.17) is 10.5 Å². The summed E-state index contributed by atoms with van der Waals surface area (Å²) in [4.78, 5) is 12.1. The minimum Gasteiger partial charge on any atom is -0.482 e. The first-order valence-corrected chi connectivity index (χ1v) is 8.00. The molecule has 1 saturated carbocycles. The van der Waals surface area contributed by atoms with Crippen LogP contribution in [0.25, 0.3) is 0 Å². The number of rotatable bonds is 2. The fraction of sp³-hybridized carbons (Fsp3) is 0.444. The van der Waals surface area contributed by atoms with E-state index >= 15 is 0 Å². The smallest absolute Gasteiger partial charge is 0.221 e. The molecule has 1 aliphatic carbocycles. The normalized spacial score (nSPS) is 31.5. The second kappa shape index (κ2) is 4.60. The molecule has 4 unspecified atom stereocenters. The predicted molar refractivity (Wildman–Crippen MR) is 86.2 cm³/mol. The molecule has 1 aliphatic heterocycles. The molecule has 2 aromatic rings. The van der Waals surface area contributed by atoms with Crippen LogP contribution in [0.5, 0.6) is 5.75 Å². The van der Waals surface area contributed by atoms with E-state index in [2.05, 4.69) is 24.2 Å². The zero-order valence-corrected chi connectivity index (χ0v) is 13.6. The monoisotopic (exact) mass is 311 g/mol. The summed E-state index contributed by atoms with van der Waals surface area (Å²) in [7, 11) is 1.92. The first-order valence-electron chi connectivity index (χ1n) is 8.00. The highest BCUT2D eigenvalue weighted by atomic mass is 16.5. The SMILES string of the molecule is Cc1c2c(nn1C)C1CC(C(N)=O)C(c3ccccc3)C1(C)O2. The Balaban J connectivity index is 1.85. The molecular weight excluding hydrogens is 290 g/mol. The lowest BCUT2D eigenvalue weighted by atomic mass is 9.79. The first-order chi connectivity index (χ1) is 10.9. The van der Waals surface area contributed by atoms with E-state index in [-0.39, 0.29) is 23.7 Å². The molecule has 4 rings (SSSR count). The van der Waals surface area contributed by atoms with Gasteiger partial charge in [0.15, 0.2) is 5.75 Å². The van der Waals surface area contributed by atoms with Crippen molar-refractivity contribution in [2.24, 2.45) is 18.7 Å². The second-order valence-electron chi connectivity index (χ2n) is 6.89. The Morgan fingerprint density at radius 1 is 1.39 bits per heavy atom. The molecule has 2 aliphatic rings. The van der Waals surface area contributed by atoms with E-state index in [0.717, 1.165) is 22.7 Å². The molecule has 23 heavy (non-hydrogen) atoms. The Kier molecular flexibility index (Phi) is 2.86. The van der Waals surface area contributed by atoms with Crippen molar-refractivity contribution >= 4 is 5.91 Å². The molecule has 0 spiro atoms. The second-order valence-corrected chi connectivity index (χ2v) is 6.89. The maximum absolute atomic E-state index is 12.1. The Morgan fingerprint density at radius 2 is 2.09 bits per heavy atom. The summed E-state index contributed by atoms with van der Waals surface area (Å²) < 4.78 is 8.27. The molecule has 5 nitrogen and oxygen atoms in total. The van der Waals surface area contributed by atoms with Gasteiger partial charge < -0.3 is 10.5 Å². The highest BCUT2D eigenvalue weighted by Gasteiger charge is 2.62. The van der Waals surface area contributed by atoms with Crippen LogP contribution in [0.4, 0.5) is 0 Å². The molecule has 4 atom stereocenters. The van der Waals surface area contributed by atoms with Crippen LogP contribution in [0.1, 0.15) is 42.1 Å². The molecule has 0 saturated heterocycles. The fourth-order valence-corrected chi connectivity index (χ4v) is 4.45. The molecule has 0 bridgehead atoms. The number of nitrogens with two attached hydrogens (primary N) is 1. The number of aryl methyl sites for hydroxylation is 1. The molecule has 2 N–H and O–H groups in total. The van der Waals surface area contributed by atoms with Crippen LogP contribution in [0.2, 0.25) is 0 Å². The molecule has 1 amide bonds. The third-order valence-electron chi connectivity index (χ3n) is 5.68. The number of carbonyl (C=O) groups is 1. The van der Waals surface area contributed by atoms with Crippen molar-refractivity contribution in [2.45, 2.75) is 37.7 Å².